The molecule has 6 heteroatoms. The number of carbonyl (C=O) groups is 1. The highest BCUT2D eigenvalue weighted by atomic mass is 16.5. The van der Waals surface area contributed by atoms with Crippen LogP contribution in [0.2, 0.25) is 0 Å². The fraction of sp³-hybridized carbons (Fsp3) is 0.269. The lowest BCUT2D eigenvalue weighted by atomic mass is 9.95. The van der Waals surface area contributed by atoms with Crippen molar-refractivity contribution in [2.45, 2.75) is 13.0 Å². The average Bonchev–Trinajstić information content (AvgIpc) is 3.23. The lowest BCUT2D eigenvalue weighted by Crippen LogP contribution is -2.37. The Hall–Kier alpha value is -3.51. The van der Waals surface area contributed by atoms with Crippen molar-refractivity contribution in [3.63, 3.8) is 0 Å². The molecule has 3 heterocycles. The fourth-order valence-electron chi connectivity index (χ4n) is 4.46. The molecule has 162 valence electrons. The molecule has 1 atom stereocenters. The van der Waals surface area contributed by atoms with E-state index in [-0.39, 0.29) is 11.8 Å². The summed E-state index contributed by atoms with van der Waals surface area (Å²) in [6, 6.07) is 18.1. The topological polar surface area (TPSA) is 60.2 Å². The van der Waals surface area contributed by atoms with Gasteiger partial charge >= 0.3 is 0 Å². The minimum Gasteiger partial charge on any atom is -0.379 e. The summed E-state index contributed by atoms with van der Waals surface area (Å²) in [5.41, 5.74) is 2.96. The molecule has 0 aliphatic carbocycles. The Balaban J connectivity index is 1.36. The van der Waals surface area contributed by atoms with Gasteiger partial charge in [0.05, 0.1) is 19.8 Å². The number of fused-ring (bicyclic) bond motifs is 1. The first kappa shape index (κ1) is 20.4. The smallest absolute Gasteiger partial charge is 0.254 e. The highest BCUT2D eigenvalue weighted by Crippen LogP contribution is 2.23. The van der Waals surface area contributed by atoms with Gasteiger partial charge in [-0.3, -0.25) is 14.5 Å². The number of rotatable bonds is 5. The van der Waals surface area contributed by atoms with Crippen LogP contribution in [0.25, 0.3) is 10.8 Å². The maximum absolute atomic E-state index is 13.5. The van der Waals surface area contributed by atoms with E-state index in [1.165, 1.54) is 16.3 Å². The molecular weight excluding hydrogens is 400 g/mol. The van der Waals surface area contributed by atoms with Crippen molar-refractivity contribution >= 4 is 16.7 Å². The Bertz CT molecular complexity index is 1200. The van der Waals surface area contributed by atoms with Crippen LogP contribution in [-0.2, 0) is 17.7 Å². The molecule has 1 fully saturated rings. The minimum atomic E-state index is 0.0582. The molecule has 4 aromatic rings. The number of hydrogen-bond acceptors (Lipinski definition) is 4. The molecule has 1 aliphatic heterocycles. The molecule has 0 bridgehead atoms. The van der Waals surface area contributed by atoms with Crippen molar-refractivity contribution in [1.82, 2.24) is 19.7 Å². The molecule has 5 rings (SSSR count). The third-order valence-electron chi connectivity index (χ3n) is 6.05. The van der Waals surface area contributed by atoms with E-state index in [1.54, 1.807) is 6.20 Å². The summed E-state index contributed by atoms with van der Waals surface area (Å²) < 4.78 is 7.74. The third-order valence-corrected chi connectivity index (χ3v) is 6.05. The lowest BCUT2D eigenvalue weighted by molar-refractivity contribution is 0.0736. The Morgan fingerprint density at radius 2 is 1.94 bits per heavy atom. The summed E-state index contributed by atoms with van der Waals surface area (Å²) in [4.78, 5) is 19.8. The van der Waals surface area contributed by atoms with Crippen LogP contribution in [0.15, 0.2) is 79.4 Å². The van der Waals surface area contributed by atoms with Gasteiger partial charge in [0.2, 0.25) is 0 Å². The van der Waals surface area contributed by atoms with Gasteiger partial charge in [0.15, 0.2) is 0 Å². The number of carbonyl (C=O) groups excluding carboxylic acids is 1. The predicted molar refractivity (Wildman–Crippen MR) is 123 cm³/mol. The van der Waals surface area contributed by atoms with E-state index in [1.807, 2.05) is 64.6 Å². The van der Waals surface area contributed by atoms with Crippen LogP contribution in [-0.4, -0.2) is 51.9 Å². The molecule has 1 saturated heterocycles. The molecule has 6 nitrogen and oxygen atoms in total. The Morgan fingerprint density at radius 3 is 2.84 bits per heavy atom. The molecule has 2 aromatic heterocycles. The highest BCUT2D eigenvalue weighted by molar-refractivity contribution is 5.95. The van der Waals surface area contributed by atoms with Gasteiger partial charge in [-0.25, -0.2) is 0 Å². The monoisotopic (exact) mass is 426 g/mol. The number of hydrogen-bond donors (Lipinski definition) is 0. The predicted octanol–water partition coefficient (Wildman–Crippen LogP) is 3.81. The molecule has 32 heavy (non-hydrogen) atoms. The van der Waals surface area contributed by atoms with E-state index in [0.717, 1.165) is 17.5 Å². The van der Waals surface area contributed by atoms with Crippen molar-refractivity contribution < 1.29 is 9.53 Å². The molecule has 0 spiro atoms. The lowest BCUT2D eigenvalue weighted by Gasteiger charge is -2.25. The van der Waals surface area contributed by atoms with Gasteiger partial charge in [0, 0.05) is 54.7 Å². The maximum atomic E-state index is 13.5. The first-order valence-electron chi connectivity index (χ1n) is 11.0. The van der Waals surface area contributed by atoms with Crippen LogP contribution in [0, 0.1) is 5.92 Å². The van der Waals surface area contributed by atoms with Crippen molar-refractivity contribution in [3.8, 4) is 0 Å². The number of aromatic nitrogens is 3. The zero-order chi connectivity index (χ0) is 21.8. The van der Waals surface area contributed by atoms with Gasteiger partial charge in [-0.1, -0.05) is 36.4 Å². The quantitative estimate of drug-likeness (QED) is 0.487. The standard InChI is InChI=1S/C26H26N4O2/c31-26(24-8-2-1-5-23(24)18-30-12-4-10-28-30)29-13-14-32-19-20(17-29)15-22-7-3-6-21-9-11-27-16-25(21)22/h1-12,16,20H,13-15,17-19H2/t20-/m1/s1. The molecule has 0 saturated carbocycles. The largest absolute Gasteiger partial charge is 0.379 e. The van der Waals surface area contributed by atoms with Crippen LogP contribution in [0.4, 0.5) is 0 Å². The van der Waals surface area contributed by atoms with Gasteiger partial charge in [-0.05, 0) is 41.1 Å². The molecule has 0 radical (unpaired) electrons. The van der Waals surface area contributed by atoms with E-state index in [4.69, 9.17) is 4.74 Å². The van der Waals surface area contributed by atoms with Crippen LogP contribution >= 0.6 is 0 Å². The summed E-state index contributed by atoms with van der Waals surface area (Å²) in [5, 5.41) is 6.65. The van der Waals surface area contributed by atoms with Crippen molar-refractivity contribution in [2.24, 2.45) is 5.92 Å². The summed E-state index contributed by atoms with van der Waals surface area (Å²) in [6.45, 7) is 3.05. The van der Waals surface area contributed by atoms with E-state index >= 15 is 0 Å². The summed E-state index contributed by atoms with van der Waals surface area (Å²) in [7, 11) is 0. The van der Waals surface area contributed by atoms with E-state index in [9.17, 15) is 4.79 Å². The van der Waals surface area contributed by atoms with Gasteiger partial charge in [-0.15, -0.1) is 0 Å². The zero-order valence-corrected chi connectivity index (χ0v) is 17.9. The molecule has 1 aliphatic rings. The fourth-order valence-corrected chi connectivity index (χ4v) is 4.46. The highest BCUT2D eigenvalue weighted by Gasteiger charge is 2.25. The van der Waals surface area contributed by atoms with Crippen molar-refractivity contribution in [3.05, 3.63) is 96.1 Å². The number of nitrogens with zero attached hydrogens (tertiary/aromatic N) is 4. The van der Waals surface area contributed by atoms with Crippen LogP contribution < -0.4 is 0 Å². The van der Waals surface area contributed by atoms with E-state index in [2.05, 4.69) is 28.3 Å². The first-order valence-corrected chi connectivity index (χ1v) is 11.0. The molecule has 0 N–H and O–H groups in total. The van der Waals surface area contributed by atoms with Gasteiger partial charge in [0.1, 0.15) is 0 Å². The van der Waals surface area contributed by atoms with Crippen LogP contribution in [0.1, 0.15) is 21.5 Å². The second-order valence-corrected chi connectivity index (χ2v) is 8.27. The molecule has 1 amide bonds. The summed E-state index contributed by atoms with van der Waals surface area (Å²) >= 11 is 0. The zero-order valence-electron chi connectivity index (χ0n) is 17.9. The second kappa shape index (κ2) is 9.32. The number of pyridine rings is 1. The normalized spacial score (nSPS) is 16.8. The minimum absolute atomic E-state index is 0.0582. The maximum Gasteiger partial charge on any atom is 0.254 e. The van der Waals surface area contributed by atoms with Gasteiger partial charge in [-0.2, -0.15) is 5.10 Å². The average molecular weight is 427 g/mol. The SMILES string of the molecule is O=C(c1ccccc1Cn1cccn1)N1CCOC[C@H](Cc2cccc3ccncc23)C1. The Kier molecular flexibility index (Phi) is 5.94. The number of benzene rings is 2. The van der Waals surface area contributed by atoms with Crippen molar-refractivity contribution in [2.75, 3.05) is 26.3 Å². The van der Waals surface area contributed by atoms with Crippen molar-refractivity contribution in [1.29, 1.82) is 0 Å². The first-order chi connectivity index (χ1) is 15.8. The number of amides is 1. The van der Waals surface area contributed by atoms with Gasteiger partial charge < -0.3 is 9.64 Å². The van der Waals surface area contributed by atoms with E-state index in [0.29, 0.717) is 32.8 Å². The summed E-state index contributed by atoms with van der Waals surface area (Å²) in [5.74, 6) is 0.286. The third kappa shape index (κ3) is 4.41. The van der Waals surface area contributed by atoms with Gasteiger partial charge in [0.25, 0.3) is 5.91 Å². The molecule has 2 aromatic carbocycles. The Labute approximate surface area is 187 Å². The van der Waals surface area contributed by atoms with E-state index < -0.39 is 0 Å². The van der Waals surface area contributed by atoms with Crippen LogP contribution in [0.3, 0.4) is 0 Å². The second-order valence-electron chi connectivity index (χ2n) is 8.27. The Morgan fingerprint density at radius 1 is 1.03 bits per heavy atom. The molecule has 0 unspecified atom stereocenters. The number of ether oxygens (including phenoxy) is 1. The van der Waals surface area contributed by atoms with Crippen LogP contribution in [0.5, 0.6) is 0 Å². The summed E-state index contributed by atoms with van der Waals surface area (Å²) in [6.07, 6.45) is 8.26. The molecular formula is C26H26N4O2.